The number of hydrogen-bond donors (Lipinski definition) is 3. The maximum absolute atomic E-state index is 13.8. The molecular formula is C29H34N2O7. The van der Waals surface area contributed by atoms with E-state index in [4.69, 9.17) is 14.2 Å². The molecule has 3 aliphatic rings. The number of ether oxygens (including phenoxy) is 3. The summed E-state index contributed by atoms with van der Waals surface area (Å²) < 4.78 is 17.4. The van der Waals surface area contributed by atoms with Crippen molar-refractivity contribution in [3.63, 3.8) is 0 Å². The molecule has 38 heavy (non-hydrogen) atoms. The van der Waals surface area contributed by atoms with Gasteiger partial charge in [-0.2, -0.15) is 0 Å². The lowest BCUT2D eigenvalue weighted by Crippen LogP contribution is -2.57. The Bertz CT molecular complexity index is 1190. The topological polar surface area (TPSA) is 118 Å². The Morgan fingerprint density at radius 2 is 1.95 bits per heavy atom. The molecule has 5 unspecified atom stereocenters. The summed E-state index contributed by atoms with van der Waals surface area (Å²) in [5.74, 6) is 0.247. The van der Waals surface area contributed by atoms with Gasteiger partial charge < -0.3 is 34.6 Å². The van der Waals surface area contributed by atoms with Crippen LogP contribution in [0.15, 0.2) is 60.2 Å². The maximum Gasteiger partial charge on any atom is 0.252 e. The van der Waals surface area contributed by atoms with Gasteiger partial charge in [-0.1, -0.05) is 36.4 Å². The number of hydrogen-bond acceptors (Lipinski definition) is 7. The smallest absolute Gasteiger partial charge is 0.252 e. The number of rotatable bonds is 9. The molecule has 202 valence electrons. The SMILES string of the molecule is COc1ccccc1CCN(C(=O)C1CCCO1)C1C=C(C(=O)NCCO)C2c3ccccc3OC2C1O. The molecule has 1 aliphatic carbocycles. The highest BCUT2D eigenvalue weighted by molar-refractivity contribution is 5.96. The van der Waals surface area contributed by atoms with Crippen molar-refractivity contribution in [1.82, 2.24) is 10.2 Å². The van der Waals surface area contributed by atoms with Crippen molar-refractivity contribution < 1.29 is 34.0 Å². The summed E-state index contributed by atoms with van der Waals surface area (Å²) >= 11 is 0. The Labute approximate surface area is 222 Å². The van der Waals surface area contributed by atoms with Crippen LogP contribution in [0, 0.1) is 0 Å². The number of benzene rings is 2. The van der Waals surface area contributed by atoms with Gasteiger partial charge in [0.15, 0.2) is 0 Å². The van der Waals surface area contributed by atoms with Crippen LogP contribution < -0.4 is 14.8 Å². The molecule has 3 N–H and O–H groups in total. The first kappa shape index (κ1) is 26.2. The largest absolute Gasteiger partial charge is 0.496 e. The molecule has 2 heterocycles. The van der Waals surface area contributed by atoms with E-state index >= 15 is 0 Å². The van der Waals surface area contributed by atoms with Gasteiger partial charge >= 0.3 is 0 Å². The molecule has 2 aromatic carbocycles. The van der Waals surface area contributed by atoms with Gasteiger partial charge in [0.1, 0.15) is 29.8 Å². The van der Waals surface area contributed by atoms with E-state index in [-0.39, 0.29) is 31.5 Å². The molecule has 5 rings (SSSR count). The van der Waals surface area contributed by atoms with Gasteiger partial charge in [-0.25, -0.2) is 0 Å². The average Bonchev–Trinajstić information content (AvgIpc) is 3.62. The molecule has 2 amide bonds. The van der Waals surface area contributed by atoms with Crippen molar-refractivity contribution in [3.05, 3.63) is 71.3 Å². The van der Waals surface area contributed by atoms with Crippen molar-refractivity contribution in [3.8, 4) is 11.5 Å². The predicted octanol–water partition coefficient (Wildman–Crippen LogP) is 1.57. The Kier molecular flexibility index (Phi) is 7.97. The zero-order valence-corrected chi connectivity index (χ0v) is 21.4. The minimum absolute atomic E-state index is 0.0929. The van der Waals surface area contributed by atoms with E-state index in [0.717, 1.165) is 23.3 Å². The first-order valence-electron chi connectivity index (χ1n) is 13.1. The fraction of sp³-hybridized carbons (Fsp3) is 0.448. The van der Waals surface area contributed by atoms with Crippen LogP contribution in [0.4, 0.5) is 0 Å². The standard InChI is InChI=1S/C29H34N2O7/c1-36-22-9-4-2-7-18(22)12-14-31(29(35)24-11-6-16-37-24)21-17-20(28(34)30-13-15-32)25-19-8-3-5-10-23(19)38-27(25)26(21)33/h2-5,7-10,17,21,24-27,32-33H,6,11-16H2,1H3,(H,30,34). The number of amides is 2. The van der Waals surface area contributed by atoms with Gasteiger partial charge in [-0.05, 0) is 43.0 Å². The molecule has 0 bridgehead atoms. The minimum atomic E-state index is -1.08. The quantitative estimate of drug-likeness (QED) is 0.458. The highest BCUT2D eigenvalue weighted by atomic mass is 16.5. The lowest BCUT2D eigenvalue weighted by Gasteiger charge is -2.41. The van der Waals surface area contributed by atoms with Crippen LogP contribution in [-0.2, 0) is 20.7 Å². The van der Waals surface area contributed by atoms with Crippen LogP contribution in [0.1, 0.15) is 29.9 Å². The van der Waals surface area contributed by atoms with E-state index in [0.29, 0.717) is 30.8 Å². The first-order chi connectivity index (χ1) is 18.5. The molecule has 1 saturated heterocycles. The second-order valence-corrected chi connectivity index (χ2v) is 9.78. The Balaban J connectivity index is 1.51. The number of nitrogens with zero attached hydrogens (tertiary/aromatic N) is 1. The van der Waals surface area contributed by atoms with Crippen molar-refractivity contribution in [2.45, 2.75) is 49.5 Å². The third kappa shape index (κ3) is 5.01. The highest BCUT2D eigenvalue weighted by Gasteiger charge is 2.51. The van der Waals surface area contributed by atoms with Gasteiger partial charge in [-0.3, -0.25) is 9.59 Å². The molecule has 9 heteroatoms. The molecular weight excluding hydrogens is 488 g/mol. The second kappa shape index (κ2) is 11.6. The van der Waals surface area contributed by atoms with Crippen LogP contribution >= 0.6 is 0 Å². The summed E-state index contributed by atoms with van der Waals surface area (Å²) in [7, 11) is 1.61. The lowest BCUT2D eigenvalue weighted by atomic mass is 9.77. The van der Waals surface area contributed by atoms with Crippen molar-refractivity contribution in [2.24, 2.45) is 0 Å². The molecule has 5 atom stereocenters. The molecule has 0 saturated carbocycles. The van der Waals surface area contributed by atoms with Gasteiger partial charge in [0, 0.05) is 30.8 Å². The molecule has 0 aromatic heterocycles. The zero-order valence-electron chi connectivity index (χ0n) is 21.4. The van der Waals surface area contributed by atoms with Crippen molar-refractivity contribution in [2.75, 3.05) is 33.4 Å². The van der Waals surface area contributed by atoms with Gasteiger partial charge in [-0.15, -0.1) is 0 Å². The summed E-state index contributed by atoms with van der Waals surface area (Å²) in [4.78, 5) is 28.7. The summed E-state index contributed by atoms with van der Waals surface area (Å²) in [5, 5.41) is 23.7. The number of methoxy groups -OCH3 is 1. The molecule has 9 nitrogen and oxygen atoms in total. The van der Waals surface area contributed by atoms with Crippen LogP contribution in [0.2, 0.25) is 0 Å². The van der Waals surface area contributed by atoms with E-state index in [1.165, 1.54) is 0 Å². The summed E-state index contributed by atoms with van der Waals surface area (Å²) in [6.07, 6.45) is 1.15. The number of para-hydroxylation sites is 2. The highest BCUT2D eigenvalue weighted by Crippen LogP contribution is 2.47. The van der Waals surface area contributed by atoms with Crippen molar-refractivity contribution in [1.29, 1.82) is 0 Å². The predicted molar refractivity (Wildman–Crippen MR) is 139 cm³/mol. The average molecular weight is 523 g/mol. The fourth-order valence-corrected chi connectivity index (χ4v) is 5.71. The van der Waals surface area contributed by atoms with E-state index in [1.807, 2.05) is 48.5 Å². The van der Waals surface area contributed by atoms with Gasteiger partial charge in [0.05, 0.1) is 25.7 Å². The maximum atomic E-state index is 13.8. The van der Waals surface area contributed by atoms with Crippen LogP contribution in [0.5, 0.6) is 11.5 Å². The van der Waals surface area contributed by atoms with Crippen LogP contribution in [-0.4, -0.2) is 84.7 Å². The molecule has 2 aliphatic heterocycles. The number of carbonyl (C=O) groups is 2. The number of aliphatic hydroxyl groups is 2. The summed E-state index contributed by atoms with van der Waals surface area (Å²) in [6, 6.07) is 14.2. The Morgan fingerprint density at radius 3 is 2.71 bits per heavy atom. The molecule has 0 spiro atoms. The van der Waals surface area contributed by atoms with E-state index in [9.17, 15) is 19.8 Å². The van der Waals surface area contributed by atoms with Crippen molar-refractivity contribution >= 4 is 11.8 Å². The normalized spacial score (nSPS) is 25.6. The van der Waals surface area contributed by atoms with E-state index < -0.39 is 30.3 Å². The Hall–Kier alpha value is -3.40. The third-order valence-corrected chi connectivity index (χ3v) is 7.54. The summed E-state index contributed by atoms with van der Waals surface area (Å²) in [5.41, 5.74) is 2.15. The zero-order chi connectivity index (χ0) is 26.6. The monoisotopic (exact) mass is 522 g/mol. The molecule has 0 radical (unpaired) electrons. The van der Waals surface area contributed by atoms with E-state index in [1.54, 1.807) is 18.1 Å². The van der Waals surface area contributed by atoms with E-state index in [2.05, 4.69) is 5.32 Å². The number of carbonyl (C=O) groups excluding carboxylic acids is 2. The molecule has 2 aromatic rings. The van der Waals surface area contributed by atoms with Crippen LogP contribution in [0.3, 0.4) is 0 Å². The third-order valence-electron chi connectivity index (χ3n) is 7.54. The molecule has 1 fully saturated rings. The fourth-order valence-electron chi connectivity index (χ4n) is 5.71. The number of nitrogens with one attached hydrogen (secondary N) is 1. The minimum Gasteiger partial charge on any atom is -0.496 e. The number of fused-ring (bicyclic) bond motifs is 3. The number of aliphatic hydroxyl groups excluding tert-OH is 2. The van der Waals surface area contributed by atoms with Gasteiger partial charge in [0.25, 0.3) is 5.91 Å². The Morgan fingerprint density at radius 1 is 1.16 bits per heavy atom. The lowest BCUT2D eigenvalue weighted by molar-refractivity contribution is -0.146. The second-order valence-electron chi connectivity index (χ2n) is 9.78. The van der Waals surface area contributed by atoms with Gasteiger partial charge in [0.2, 0.25) is 5.91 Å². The first-order valence-corrected chi connectivity index (χ1v) is 13.1. The summed E-state index contributed by atoms with van der Waals surface area (Å²) in [6.45, 7) is 0.690. The van der Waals surface area contributed by atoms with Crippen LogP contribution in [0.25, 0.3) is 0 Å².